The van der Waals surface area contributed by atoms with Crippen LogP contribution in [0.4, 0.5) is 0 Å². The van der Waals surface area contributed by atoms with Crippen LogP contribution in [0.3, 0.4) is 0 Å². The number of rotatable bonds is 5. The van der Waals surface area contributed by atoms with Crippen LogP contribution in [0.2, 0.25) is 0 Å². The zero-order chi connectivity index (χ0) is 19.0. The lowest BCUT2D eigenvalue weighted by Crippen LogP contribution is -2.44. The van der Waals surface area contributed by atoms with E-state index in [-0.39, 0.29) is 0 Å². The number of aliphatic carboxylic acids is 3. The van der Waals surface area contributed by atoms with E-state index in [2.05, 4.69) is 4.74 Å². The Hall–Kier alpha value is -3.50. The largest absolute Gasteiger partial charge is 0.504 e. The highest BCUT2D eigenvalue weighted by Gasteiger charge is 2.49. The first-order valence-electron chi connectivity index (χ1n) is 6.72. The van der Waals surface area contributed by atoms with Gasteiger partial charge >= 0.3 is 23.9 Å². The van der Waals surface area contributed by atoms with Gasteiger partial charge < -0.3 is 35.4 Å². The summed E-state index contributed by atoms with van der Waals surface area (Å²) in [7, 11) is 0. The molecule has 0 bridgehead atoms. The maximum atomic E-state index is 11.9. The van der Waals surface area contributed by atoms with Crippen molar-refractivity contribution in [2.75, 3.05) is 0 Å². The molecule has 0 spiro atoms. The minimum atomic E-state index is -2.12. The average Bonchev–Trinajstić information content (AvgIpc) is 2.50. The fourth-order valence-corrected chi connectivity index (χ4v) is 2.74. The third-order valence-electron chi connectivity index (χ3n) is 3.80. The molecule has 25 heavy (non-hydrogen) atoms. The molecule has 1 heterocycles. The van der Waals surface area contributed by atoms with E-state index in [9.17, 15) is 44.7 Å². The van der Waals surface area contributed by atoms with Crippen molar-refractivity contribution in [3.05, 3.63) is 17.2 Å². The number of carbonyl (C=O) groups excluding carboxylic acids is 1. The quantitative estimate of drug-likeness (QED) is 0.298. The second-order valence-corrected chi connectivity index (χ2v) is 5.29. The highest BCUT2D eigenvalue weighted by atomic mass is 16.6. The number of fused-ring (bicyclic) bond motifs is 1. The number of carboxylic acid groups (broad SMARTS) is 3. The molecule has 11 nitrogen and oxygen atoms in total. The maximum absolute atomic E-state index is 11.9. The van der Waals surface area contributed by atoms with Gasteiger partial charge in [0, 0.05) is 5.56 Å². The average molecular weight is 356 g/mol. The van der Waals surface area contributed by atoms with Gasteiger partial charge in [-0.1, -0.05) is 0 Å². The minimum Gasteiger partial charge on any atom is -0.504 e. The maximum Gasteiger partial charge on any atom is 0.345 e. The Morgan fingerprint density at radius 1 is 1.08 bits per heavy atom. The number of hydrogen-bond acceptors (Lipinski definition) is 8. The van der Waals surface area contributed by atoms with Gasteiger partial charge in [-0.05, 0) is 6.07 Å². The van der Waals surface area contributed by atoms with Gasteiger partial charge in [0.15, 0.2) is 11.5 Å². The van der Waals surface area contributed by atoms with Crippen molar-refractivity contribution in [3.63, 3.8) is 0 Å². The van der Waals surface area contributed by atoms with E-state index in [1.54, 1.807) is 0 Å². The molecule has 6 N–H and O–H groups in total. The Labute approximate surface area is 138 Å². The summed E-state index contributed by atoms with van der Waals surface area (Å²) in [4.78, 5) is 45.7. The molecule has 134 valence electrons. The molecule has 1 aromatic carbocycles. The van der Waals surface area contributed by atoms with Gasteiger partial charge in [0.2, 0.25) is 11.9 Å². The molecule has 0 aliphatic carbocycles. The summed E-state index contributed by atoms with van der Waals surface area (Å²) < 4.78 is 4.65. The van der Waals surface area contributed by atoms with Crippen LogP contribution in [0.5, 0.6) is 17.2 Å². The van der Waals surface area contributed by atoms with Crippen LogP contribution >= 0.6 is 0 Å². The molecular formula is C14H12O11. The van der Waals surface area contributed by atoms with Crippen LogP contribution in [-0.2, 0) is 19.1 Å². The number of cyclic esters (lactones) is 1. The molecule has 0 radical (unpaired) electrons. The van der Waals surface area contributed by atoms with Gasteiger partial charge in [0.05, 0.1) is 23.8 Å². The topological polar surface area (TPSA) is 199 Å². The third-order valence-corrected chi connectivity index (χ3v) is 3.80. The predicted octanol–water partition coefficient (Wildman–Crippen LogP) is -0.314. The number of carbonyl (C=O) groups is 4. The highest BCUT2D eigenvalue weighted by Crippen LogP contribution is 2.49. The van der Waals surface area contributed by atoms with Crippen LogP contribution in [0.25, 0.3) is 0 Å². The van der Waals surface area contributed by atoms with E-state index in [1.165, 1.54) is 0 Å². The van der Waals surface area contributed by atoms with E-state index < -0.39 is 76.6 Å². The standard InChI is InChI=1S/C14H12O11/c15-5-1-4-7(10(19)9(5)18)8(3(12(20)21)2-6(16)17)11(13(22)23)25-14(4)24/h1,3,8,11,15,18-19H,2H2,(H,16,17)(H,20,21)(H,22,23)/t3-,8?,11?/m1/s1. The van der Waals surface area contributed by atoms with Crippen molar-refractivity contribution in [1.82, 2.24) is 0 Å². The van der Waals surface area contributed by atoms with Crippen molar-refractivity contribution >= 4 is 23.9 Å². The number of carboxylic acids is 3. The van der Waals surface area contributed by atoms with Crippen molar-refractivity contribution in [1.29, 1.82) is 0 Å². The normalized spacial score (nSPS) is 20.2. The summed E-state index contributed by atoms with van der Waals surface area (Å²) >= 11 is 0. The Kier molecular flexibility index (Phi) is 4.42. The molecule has 2 rings (SSSR count). The Bertz CT molecular complexity index is 781. The molecule has 0 fully saturated rings. The Morgan fingerprint density at radius 2 is 1.68 bits per heavy atom. The molecule has 3 atom stereocenters. The first-order chi connectivity index (χ1) is 11.6. The summed E-state index contributed by atoms with van der Waals surface area (Å²) in [6.07, 6.45) is -3.16. The molecule has 0 saturated heterocycles. The van der Waals surface area contributed by atoms with Crippen LogP contribution in [-0.4, -0.2) is 60.6 Å². The second kappa shape index (κ2) is 6.19. The lowest BCUT2D eigenvalue weighted by Gasteiger charge is -2.34. The number of benzene rings is 1. The van der Waals surface area contributed by atoms with Crippen LogP contribution < -0.4 is 0 Å². The Morgan fingerprint density at radius 3 is 2.16 bits per heavy atom. The summed E-state index contributed by atoms with van der Waals surface area (Å²) in [5, 5.41) is 56.5. The molecule has 11 heteroatoms. The van der Waals surface area contributed by atoms with Crippen LogP contribution in [0.1, 0.15) is 28.3 Å². The van der Waals surface area contributed by atoms with Gasteiger partial charge in [-0.15, -0.1) is 0 Å². The lowest BCUT2D eigenvalue weighted by atomic mass is 9.76. The SMILES string of the molecule is O=C(O)C[C@@H](C(=O)O)C1c2c(cc(O)c(O)c2O)C(=O)OC1C(=O)O. The van der Waals surface area contributed by atoms with Gasteiger partial charge in [-0.25, -0.2) is 9.59 Å². The molecule has 1 aliphatic heterocycles. The van der Waals surface area contributed by atoms with Crippen LogP contribution in [0, 0.1) is 5.92 Å². The monoisotopic (exact) mass is 356 g/mol. The van der Waals surface area contributed by atoms with Gasteiger partial charge in [-0.2, -0.15) is 0 Å². The fraction of sp³-hybridized carbons (Fsp3) is 0.286. The van der Waals surface area contributed by atoms with Gasteiger partial charge in [0.1, 0.15) is 0 Å². The smallest absolute Gasteiger partial charge is 0.345 e. The fourth-order valence-electron chi connectivity index (χ4n) is 2.74. The number of esters is 1. The van der Waals surface area contributed by atoms with Crippen molar-refractivity contribution in [2.24, 2.45) is 5.92 Å². The van der Waals surface area contributed by atoms with E-state index in [0.717, 1.165) is 0 Å². The number of ether oxygens (including phenoxy) is 1. The van der Waals surface area contributed by atoms with Gasteiger partial charge in [0.25, 0.3) is 0 Å². The first-order valence-corrected chi connectivity index (χ1v) is 6.72. The second-order valence-electron chi connectivity index (χ2n) is 5.29. The van der Waals surface area contributed by atoms with E-state index in [4.69, 9.17) is 5.11 Å². The molecule has 2 unspecified atom stereocenters. The number of phenolic OH excluding ortho intramolecular Hbond substituents is 3. The zero-order valence-corrected chi connectivity index (χ0v) is 12.2. The molecule has 0 amide bonds. The van der Waals surface area contributed by atoms with E-state index in [1.807, 2.05) is 0 Å². The molecular weight excluding hydrogens is 344 g/mol. The van der Waals surface area contributed by atoms with Crippen LogP contribution in [0.15, 0.2) is 6.07 Å². The van der Waals surface area contributed by atoms with E-state index in [0.29, 0.717) is 6.07 Å². The molecule has 0 aromatic heterocycles. The number of hydrogen-bond donors (Lipinski definition) is 6. The summed E-state index contributed by atoms with van der Waals surface area (Å²) in [5.41, 5.74) is -1.19. The summed E-state index contributed by atoms with van der Waals surface area (Å²) in [6, 6.07) is 0.664. The number of phenols is 3. The molecule has 1 aliphatic rings. The third kappa shape index (κ3) is 2.98. The predicted molar refractivity (Wildman–Crippen MR) is 74.4 cm³/mol. The summed E-state index contributed by atoms with van der Waals surface area (Å²) in [6.45, 7) is 0. The zero-order valence-electron chi connectivity index (χ0n) is 12.2. The minimum absolute atomic E-state index is 0.577. The van der Waals surface area contributed by atoms with E-state index >= 15 is 0 Å². The summed E-state index contributed by atoms with van der Waals surface area (Å²) in [5.74, 6) is -13.2. The lowest BCUT2D eigenvalue weighted by molar-refractivity contribution is -0.156. The first kappa shape index (κ1) is 17.8. The highest BCUT2D eigenvalue weighted by molar-refractivity contribution is 5.98. The van der Waals surface area contributed by atoms with Crippen molar-refractivity contribution in [3.8, 4) is 17.2 Å². The number of aromatic hydroxyl groups is 3. The van der Waals surface area contributed by atoms with Gasteiger partial charge in [-0.3, -0.25) is 9.59 Å². The van der Waals surface area contributed by atoms with Crippen molar-refractivity contribution in [2.45, 2.75) is 18.4 Å². The molecule has 0 saturated carbocycles. The van der Waals surface area contributed by atoms with Crippen molar-refractivity contribution < 1.29 is 54.6 Å². The molecule has 1 aromatic rings. The Balaban J connectivity index is 2.78.